The number of nitrogens with one attached hydrogen (secondary N) is 2. The maximum atomic E-state index is 14.3. The van der Waals surface area contributed by atoms with Crippen LogP contribution in [0.3, 0.4) is 0 Å². The van der Waals surface area contributed by atoms with Gasteiger partial charge in [-0.15, -0.1) is 0 Å². The first-order chi connectivity index (χ1) is 15.9. The Morgan fingerprint density at radius 3 is 2.82 bits per heavy atom. The highest BCUT2D eigenvalue weighted by atomic mass is 19.1. The highest BCUT2D eigenvalue weighted by Gasteiger charge is 2.30. The number of nitrogens with two attached hydrogens (primary N) is 1. The predicted molar refractivity (Wildman–Crippen MR) is 127 cm³/mol. The average Bonchev–Trinajstić information content (AvgIpc) is 3.31. The molecule has 3 heterocycles. The molecule has 1 saturated carbocycles. The van der Waals surface area contributed by atoms with Crippen LogP contribution in [0.4, 0.5) is 21.6 Å². The zero-order valence-electron chi connectivity index (χ0n) is 18.7. The van der Waals surface area contributed by atoms with E-state index in [0.29, 0.717) is 29.0 Å². The van der Waals surface area contributed by atoms with Gasteiger partial charge in [0.25, 0.3) is 11.9 Å². The molecule has 9 nitrogen and oxygen atoms in total. The molecule has 33 heavy (non-hydrogen) atoms. The molecule has 2 fully saturated rings. The number of imidazole rings is 1. The number of nitrogens with zero attached hydrogens (tertiary/aromatic N) is 5. The minimum absolute atomic E-state index is 0.0742. The number of fused-ring (bicyclic) bond motifs is 1. The summed E-state index contributed by atoms with van der Waals surface area (Å²) in [6, 6.07) is 4.71. The molecular formula is C23H27FN8O. The van der Waals surface area contributed by atoms with Crippen molar-refractivity contribution in [2.45, 2.75) is 38.3 Å². The summed E-state index contributed by atoms with van der Waals surface area (Å²) in [7, 11) is 1.67. The molecule has 0 bridgehead atoms. The summed E-state index contributed by atoms with van der Waals surface area (Å²) in [5, 5.41) is 6.33. The van der Waals surface area contributed by atoms with Gasteiger partial charge in [0.15, 0.2) is 11.5 Å². The van der Waals surface area contributed by atoms with Gasteiger partial charge in [0, 0.05) is 55.9 Å². The van der Waals surface area contributed by atoms with Gasteiger partial charge in [-0.1, -0.05) is 0 Å². The van der Waals surface area contributed by atoms with Crippen LogP contribution >= 0.6 is 0 Å². The highest BCUT2D eigenvalue weighted by Crippen LogP contribution is 2.31. The van der Waals surface area contributed by atoms with Crippen LogP contribution in [0.15, 0.2) is 29.5 Å². The van der Waals surface area contributed by atoms with E-state index in [9.17, 15) is 9.18 Å². The van der Waals surface area contributed by atoms with E-state index in [4.69, 9.17) is 5.73 Å². The maximum Gasteiger partial charge on any atom is 0.258 e. The zero-order chi connectivity index (χ0) is 23.1. The summed E-state index contributed by atoms with van der Waals surface area (Å²) in [6.07, 6.45) is 8.44. The third-order valence-corrected chi connectivity index (χ3v) is 6.10. The molecule has 1 saturated heterocycles. The molecule has 2 aliphatic rings. The summed E-state index contributed by atoms with van der Waals surface area (Å²) in [4.78, 5) is 27.3. The van der Waals surface area contributed by atoms with Crippen LogP contribution in [-0.2, 0) is 0 Å². The number of rotatable bonds is 6. The fourth-order valence-corrected chi connectivity index (χ4v) is 4.39. The number of halogens is 1. The quantitative estimate of drug-likeness (QED) is 0.393. The number of carbonyl (C=O) groups is 1. The zero-order valence-corrected chi connectivity index (χ0v) is 18.7. The van der Waals surface area contributed by atoms with Crippen molar-refractivity contribution in [1.29, 1.82) is 0 Å². The van der Waals surface area contributed by atoms with Gasteiger partial charge in [-0.05, 0) is 38.3 Å². The number of nitrogen functional groups attached to an aromatic ring is 1. The lowest BCUT2D eigenvalue weighted by Crippen LogP contribution is -2.34. The minimum atomic E-state index is -0.758. The smallest absolute Gasteiger partial charge is 0.258 e. The topological polar surface area (TPSA) is 113 Å². The monoisotopic (exact) mass is 450 g/mol. The molecule has 1 aliphatic carbocycles. The maximum absolute atomic E-state index is 14.3. The Hall–Kier alpha value is -3.53. The van der Waals surface area contributed by atoms with E-state index in [1.165, 1.54) is 23.4 Å². The van der Waals surface area contributed by atoms with Crippen molar-refractivity contribution >= 4 is 35.0 Å². The third kappa shape index (κ3) is 4.25. The first-order valence-electron chi connectivity index (χ1n) is 11.1. The normalized spacial score (nSPS) is 18.5. The second-order valence-corrected chi connectivity index (χ2v) is 8.70. The number of anilines is 3. The van der Waals surface area contributed by atoms with Gasteiger partial charge in [-0.3, -0.25) is 14.2 Å². The van der Waals surface area contributed by atoms with E-state index in [2.05, 4.69) is 30.5 Å². The molecule has 1 aliphatic heterocycles. The van der Waals surface area contributed by atoms with E-state index >= 15 is 0 Å². The van der Waals surface area contributed by atoms with Gasteiger partial charge in [0.05, 0.1) is 23.1 Å². The molecule has 5 rings (SSSR count). The van der Waals surface area contributed by atoms with Crippen molar-refractivity contribution in [3.05, 3.63) is 47.3 Å². The highest BCUT2D eigenvalue weighted by molar-refractivity contribution is 6.11. The Balaban J connectivity index is 1.40. The number of aryl methyl sites for hydroxylation is 1. The van der Waals surface area contributed by atoms with E-state index < -0.39 is 11.9 Å². The first-order valence-corrected chi connectivity index (χ1v) is 11.1. The number of carbonyl (C=O) groups excluding carboxylic acids is 1. The fraction of sp³-hybridized carbons (Fsp3) is 0.391. The molecule has 1 unspecified atom stereocenters. The lowest BCUT2D eigenvalue weighted by atomic mass is 10.0. The molecule has 1 atom stereocenters. The molecular weight excluding hydrogens is 423 g/mol. The summed E-state index contributed by atoms with van der Waals surface area (Å²) in [5.74, 6) is -1.15. The van der Waals surface area contributed by atoms with E-state index in [0.717, 1.165) is 25.2 Å². The number of aliphatic imine (C=N–C) groups is 1. The van der Waals surface area contributed by atoms with Crippen molar-refractivity contribution < 1.29 is 9.18 Å². The molecule has 2 aromatic heterocycles. The average molecular weight is 451 g/mol. The Kier molecular flexibility index (Phi) is 5.45. The van der Waals surface area contributed by atoms with E-state index in [-0.39, 0.29) is 17.0 Å². The number of amides is 1. The van der Waals surface area contributed by atoms with Crippen LogP contribution in [-0.4, -0.2) is 58.7 Å². The SMILES string of the molecule is CN=Cc1c(N2CCC(NC3CC3)C2)ccc(C(=O)Nc2cn3cc(C)nc3c(F)n2)c1N. The van der Waals surface area contributed by atoms with Crippen molar-refractivity contribution in [3.8, 4) is 0 Å². The number of hydrogen-bond donors (Lipinski definition) is 3. The van der Waals surface area contributed by atoms with Crippen molar-refractivity contribution in [2.24, 2.45) is 4.99 Å². The summed E-state index contributed by atoms with van der Waals surface area (Å²) in [5.41, 5.74) is 9.47. The first kappa shape index (κ1) is 21.3. The molecule has 1 amide bonds. The Labute approximate surface area is 190 Å². The second kappa shape index (κ2) is 8.43. The Morgan fingerprint density at radius 2 is 2.06 bits per heavy atom. The lowest BCUT2D eigenvalue weighted by molar-refractivity contribution is 0.102. The van der Waals surface area contributed by atoms with Gasteiger partial charge < -0.3 is 21.3 Å². The van der Waals surface area contributed by atoms with Crippen LogP contribution in [0, 0.1) is 12.9 Å². The second-order valence-electron chi connectivity index (χ2n) is 8.70. The number of benzene rings is 1. The van der Waals surface area contributed by atoms with Crippen LogP contribution < -0.4 is 21.3 Å². The Morgan fingerprint density at radius 1 is 1.24 bits per heavy atom. The van der Waals surface area contributed by atoms with Gasteiger partial charge in [0.2, 0.25) is 0 Å². The standard InChI is InChI=1S/C23H27FN8O/c1-13-10-32-12-19(29-21(24)22(32)27-13)30-23(33)16-5-6-18(17(9-26-2)20(16)25)31-8-7-15(11-31)28-14-3-4-14/h5-6,9-10,12,14-15,28H,3-4,7-8,11,25H2,1-2H3,(H,30,33). The lowest BCUT2D eigenvalue weighted by Gasteiger charge is -2.23. The van der Waals surface area contributed by atoms with Crippen LogP contribution in [0.1, 0.15) is 40.9 Å². The summed E-state index contributed by atoms with van der Waals surface area (Å²) < 4.78 is 15.8. The minimum Gasteiger partial charge on any atom is -0.397 e. The van der Waals surface area contributed by atoms with Crippen molar-refractivity contribution in [2.75, 3.05) is 36.1 Å². The van der Waals surface area contributed by atoms with Crippen LogP contribution in [0.25, 0.3) is 5.65 Å². The van der Waals surface area contributed by atoms with E-state index in [1.54, 1.807) is 32.4 Å². The Bertz CT molecular complexity index is 1250. The fourth-order valence-electron chi connectivity index (χ4n) is 4.39. The number of aromatic nitrogens is 3. The van der Waals surface area contributed by atoms with Crippen molar-refractivity contribution in [3.63, 3.8) is 0 Å². The van der Waals surface area contributed by atoms with Gasteiger partial charge >= 0.3 is 0 Å². The van der Waals surface area contributed by atoms with Crippen molar-refractivity contribution in [1.82, 2.24) is 19.7 Å². The van der Waals surface area contributed by atoms with Crippen LogP contribution in [0.2, 0.25) is 0 Å². The summed E-state index contributed by atoms with van der Waals surface area (Å²) >= 11 is 0. The third-order valence-electron chi connectivity index (χ3n) is 6.10. The molecule has 172 valence electrons. The largest absolute Gasteiger partial charge is 0.397 e. The van der Waals surface area contributed by atoms with Crippen LogP contribution in [0.5, 0.6) is 0 Å². The molecule has 3 aromatic rings. The number of hydrogen-bond acceptors (Lipinski definition) is 7. The molecule has 0 radical (unpaired) electrons. The van der Waals surface area contributed by atoms with Gasteiger partial charge in [-0.25, -0.2) is 4.98 Å². The molecule has 0 spiro atoms. The van der Waals surface area contributed by atoms with Gasteiger partial charge in [0.1, 0.15) is 0 Å². The molecule has 10 heteroatoms. The van der Waals surface area contributed by atoms with Gasteiger partial charge in [-0.2, -0.15) is 9.37 Å². The summed E-state index contributed by atoms with van der Waals surface area (Å²) in [6.45, 7) is 3.56. The van der Waals surface area contributed by atoms with E-state index in [1.807, 2.05) is 6.07 Å². The molecule has 4 N–H and O–H groups in total. The molecule has 1 aromatic carbocycles. The predicted octanol–water partition coefficient (Wildman–Crippen LogP) is 2.39.